The van der Waals surface area contributed by atoms with Gasteiger partial charge in [0.25, 0.3) is 0 Å². The van der Waals surface area contributed by atoms with E-state index >= 15 is 0 Å². The number of benzene rings is 2. The number of sulfonamides is 1. The van der Waals surface area contributed by atoms with Gasteiger partial charge < -0.3 is 10.1 Å². The maximum absolute atomic E-state index is 13.0. The summed E-state index contributed by atoms with van der Waals surface area (Å²) >= 11 is 1.47. The fraction of sp³-hybridized carbons (Fsp3) is 0.333. The van der Waals surface area contributed by atoms with Crippen molar-refractivity contribution >= 4 is 43.2 Å². The molecule has 0 saturated carbocycles. The predicted octanol–water partition coefficient (Wildman–Crippen LogP) is 3.66. The lowest BCUT2D eigenvalue weighted by Crippen LogP contribution is -2.35. The van der Waals surface area contributed by atoms with E-state index in [1.54, 1.807) is 6.07 Å². The van der Waals surface area contributed by atoms with Crippen molar-refractivity contribution in [2.45, 2.75) is 30.6 Å². The van der Waals surface area contributed by atoms with Crippen LogP contribution in [0, 0.1) is 0 Å². The van der Waals surface area contributed by atoms with Gasteiger partial charge in [-0.3, -0.25) is 4.79 Å². The number of carbonyl (C=O) groups excluding carboxylic acids is 1. The van der Waals surface area contributed by atoms with Gasteiger partial charge >= 0.3 is 0 Å². The van der Waals surface area contributed by atoms with Crippen molar-refractivity contribution in [2.75, 3.05) is 25.5 Å². The molecule has 0 aliphatic carbocycles. The molecule has 3 aromatic rings. The first-order valence-corrected chi connectivity index (χ1v) is 12.1. The van der Waals surface area contributed by atoms with E-state index < -0.39 is 10.0 Å². The maximum Gasteiger partial charge on any atom is 0.243 e. The smallest absolute Gasteiger partial charge is 0.243 e. The lowest BCUT2D eigenvalue weighted by Gasteiger charge is -2.26. The highest BCUT2D eigenvalue weighted by Crippen LogP contribution is 2.30. The second-order valence-electron chi connectivity index (χ2n) is 7.13. The molecule has 1 saturated heterocycles. The molecule has 7 nitrogen and oxygen atoms in total. The van der Waals surface area contributed by atoms with Crippen LogP contribution >= 0.6 is 11.3 Å². The van der Waals surface area contributed by atoms with Gasteiger partial charge in [0, 0.05) is 13.1 Å². The van der Waals surface area contributed by atoms with Gasteiger partial charge in [-0.15, -0.1) is 11.3 Å². The Hall–Kier alpha value is -2.49. The van der Waals surface area contributed by atoms with Crippen molar-refractivity contribution in [2.24, 2.45) is 0 Å². The lowest BCUT2D eigenvalue weighted by atomic mass is 10.2. The molecule has 0 spiro atoms. The highest BCUT2D eigenvalue weighted by molar-refractivity contribution is 7.89. The molecule has 1 N–H and O–H groups in total. The summed E-state index contributed by atoms with van der Waals surface area (Å²) in [7, 11) is -2.12. The number of nitrogens with zero attached hydrogens (tertiary/aromatic N) is 2. The Morgan fingerprint density at radius 3 is 2.67 bits per heavy atom. The first-order chi connectivity index (χ1) is 14.5. The molecule has 1 aromatic heterocycles. The number of fused-ring (bicyclic) bond motifs is 1. The number of hydrogen-bond donors (Lipinski definition) is 1. The van der Waals surface area contributed by atoms with Crippen molar-refractivity contribution in [1.29, 1.82) is 0 Å². The van der Waals surface area contributed by atoms with Crippen molar-refractivity contribution in [3.8, 4) is 5.75 Å². The second-order valence-corrected chi connectivity index (χ2v) is 10.2. The Morgan fingerprint density at radius 2 is 1.93 bits per heavy atom. The van der Waals surface area contributed by atoms with E-state index in [0.29, 0.717) is 29.5 Å². The van der Waals surface area contributed by atoms with Crippen LogP contribution < -0.4 is 10.1 Å². The van der Waals surface area contributed by atoms with E-state index in [1.807, 2.05) is 24.3 Å². The zero-order valence-corrected chi connectivity index (χ0v) is 18.3. The van der Waals surface area contributed by atoms with Crippen molar-refractivity contribution < 1.29 is 17.9 Å². The van der Waals surface area contributed by atoms with Crippen LogP contribution in [0.1, 0.15) is 24.3 Å². The largest absolute Gasteiger partial charge is 0.495 e. The zero-order valence-electron chi connectivity index (χ0n) is 16.6. The number of rotatable bonds is 6. The molecule has 1 fully saturated rings. The molecule has 0 radical (unpaired) electrons. The van der Waals surface area contributed by atoms with E-state index in [1.165, 1.54) is 34.9 Å². The summed E-state index contributed by atoms with van der Waals surface area (Å²) < 4.78 is 33.8. The van der Waals surface area contributed by atoms with Gasteiger partial charge in [-0.2, -0.15) is 4.31 Å². The third-order valence-electron chi connectivity index (χ3n) is 5.05. The topological polar surface area (TPSA) is 88.6 Å². The number of carbonyl (C=O) groups is 1. The van der Waals surface area contributed by atoms with Crippen LogP contribution in [0.5, 0.6) is 5.75 Å². The van der Waals surface area contributed by atoms with Crippen LogP contribution in [-0.4, -0.2) is 43.8 Å². The molecule has 158 valence electrons. The SMILES string of the molecule is COc1ccc(S(=O)(=O)N2CCCCC2)cc1NC(=O)Cc1nc2ccccc2s1. The maximum atomic E-state index is 13.0. The average Bonchev–Trinajstić information content (AvgIpc) is 3.16. The van der Waals surface area contributed by atoms with Gasteiger partial charge in [-0.25, -0.2) is 13.4 Å². The van der Waals surface area contributed by atoms with Gasteiger partial charge in [-0.05, 0) is 43.2 Å². The van der Waals surface area contributed by atoms with Gasteiger partial charge in [0.05, 0.1) is 34.3 Å². The molecule has 1 aliphatic heterocycles. The normalized spacial score (nSPS) is 15.2. The van der Waals surface area contributed by atoms with E-state index in [2.05, 4.69) is 10.3 Å². The molecule has 1 amide bonds. The molecule has 4 rings (SSSR count). The zero-order chi connectivity index (χ0) is 21.1. The first kappa shape index (κ1) is 20.8. The van der Waals surface area contributed by atoms with Crippen LogP contribution in [0.25, 0.3) is 10.2 Å². The van der Waals surface area contributed by atoms with E-state index in [0.717, 1.165) is 29.5 Å². The van der Waals surface area contributed by atoms with Crippen LogP contribution in [0.3, 0.4) is 0 Å². The standard InChI is InChI=1S/C21H23N3O4S2/c1-28-18-10-9-15(30(26,27)24-11-5-2-6-12-24)13-17(18)22-20(25)14-21-23-16-7-3-4-8-19(16)29-21/h3-4,7-10,13H,2,5-6,11-12,14H2,1H3,(H,22,25). The summed E-state index contributed by atoms with van der Waals surface area (Å²) in [6.07, 6.45) is 2.87. The monoisotopic (exact) mass is 445 g/mol. The number of hydrogen-bond acceptors (Lipinski definition) is 6. The summed E-state index contributed by atoms with van der Waals surface area (Å²) in [5.74, 6) is 0.130. The van der Waals surface area contributed by atoms with Gasteiger partial charge in [0.2, 0.25) is 15.9 Å². The minimum absolute atomic E-state index is 0.103. The van der Waals surface area contributed by atoms with Crippen LogP contribution in [-0.2, 0) is 21.2 Å². The minimum Gasteiger partial charge on any atom is -0.495 e. The average molecular weight is 446 g/mol. The lowest BCUT2D eigenvalue weighted by molar-refractivity contribution is -0.115. The summed E-state index contributed by atoms with van der Waals surface area (Å²) in [4.78, 5) is 17.3. The molecular formula is C21H23N3O4S2. The quantitative estimate of drug-likeness (QED) is 0.626. The van der Waals surface area contributed by atoms with Gasteiger partial charge in [-0.1, -0.05) is 18.6 Å². The highest BCUT2D eigenvalue weighted by Gasteiger charge is 2.27. The highest BCUT2D eigenvalue weighted by atomic mass is 32.2. The molecular weight excluding hydrogens is 422 g/mol. The summed E-state index contributed by atoms with van der Waals surface area (Å²) in [6.45, 7) is 1.04. The molecule has 0 bridgehead atoms. The number of amides is 1. The molecule has 0 atom stereocenters. The first-order valence-electron chi connectivity index (χ1n) is 9.80. The molecule has 2 aromatic carbocycles. The number of methoxy groups -OCH3 is 1. The predicted molar refractivity (Wildman–Crippen MR) is 118 cm³/mol. The number of anilines is 1. The third kappa shape index (κ3) is 4.33. The van der Waals surface area contributed by atoms with Crippen molar-refractivity contribution in [3.63, 3.8) is 0 Å². The van der Waals surface area contributed by atoms with Crippen LogP contribution in [0.2, 0.25) is 0 Å². The van der Waals surface area contributed by atoms with Crippen molar-refractivity contribution in [1.82, 2.24) is 9.29 Å². The van der Waals surface area contributed by atoms with Crippen LogP contribution in [0.15, 0.2) is 47.4 Å². The fourth-order valence-electron chi connectivity index (χ4n) is 3.53. The Morgan fingerprint density at radius 1 is 1.17 bits per heavy atom. The van der Waals surface area contributed by atoms with Gasteiger partial charge in [0.15, 0.2) is 0 Å². The Labute approximate surface area is 179 Å². The van der Waals surface area contributed by atoms with Crippen molar-refractivity contribution in [3.05, 3.63) is 47.5 Å². The van der Waals surface area contributed by atoms with Gasteiger partial charge in [0.1, 0.15) is 10.8 Å². The summed E-state index contributed by atoms with van der Waals surface area (Å²) in [5.41, 5.74) is 1.19. The summed E-state index contributed by atoms with van der Waals surface area (Å²) in [6, 6.07) is 12.3. The number of para-hydroxylation sites is 1. The molecule has 1 aliphatic rings. The number of piperidine rings is 1. The fourth-order valence-corrected chi connectivity index (χ4v) is 6.04. The Bertz CT molecular complexity index is 1130. The number of ether oxygens (including phenoxy) is 1. The van der Waals surface area contributed by atoms with Crippen LogP contribution in [0.4, 0.5) is 5.69 Å². The summed E-state index contributed by atoms with van der Waals surface area (Å²) in [5, 5.41) is 3.49. The third-order valence-corrected chi connectivity index (χ3v) is 7.98. The Balaban J connectivity index is 1.55. The number of aromatic nitrogens is 1. The molecule has 9 heteroatoms. The molecule has 2 heterocycles. The number of thiazole rings is 1. The second kappa shape index (κ2) is 8.71. The molecule has 30 heavy (non-hydrogen) atoms. The van der Waals surface area contributed by atoms with E-state index in [9.17, 15) is 13.2 Å². The number of nitrogens with one attached hydrogen (secondary N) is 1. The van der Waals surface area contributed by atoms with E-state index in [4.69, 9.17) is 4.74 Å². The minimum atomic E-state index is -3.61. The van der Waals surface area contributed by atoms with E-state index in [-0.39, 0.29) is 17.2 Å². The molecule has 0 unspecified atom stereocenters. The Kier molecular flexibility index (Phi) is 6.03.